The number of hydrogen-bond acceptors (Lipinski definition) is 2. The molecule has 1 rings (SSSR count). The zero-order valence-electron chi connectivity index (χ0n) is 10.1. The monoisotopic (exact) mass is 236 g/mol. The first-order chi connectivity index (χ1) is 7.86. The summed E-state index contributed by atoms with van der Waals surface area (Å²) in [5.41, 5.74) is 0. The van der Waals surface area contributed by atoms with Crippen molar-refractivity contribution in [3.63, 3.8) is 0 Å². The molecular formula is C13H20O2Si. The van der Waals surface area contributed by atoms with Crippen LogP contribution in [0.1, 0.15) is 20.3 Å². The van der Waals surface area contributed by atoms with E-state index in [9.17, 15) is 0 Å². The zero-order valence-corrected chi connectivity index (χ0v) is 11.1. The van der Waals surface area contributed by atoms with Gasteiger partial charge in [0, 0.05) is 13.2 Å². The topological polar surface area (TPSA) is 18.5 Å². The SMILES string of the molecule is CCOC(CC[Si]c1ccccc1)OCC. The van der Waals surface area contributed by atoms with Crippen LogP contribution in [-0.4, -0.2) is 29.0 Å². The Bertz CT molecular complexity index is 258. The number of rotatable bonds is 8. The molecule has 0 aliphatic heterocycles. The highest BCUT2D eigenvalue weighted by atomic mass is 28.2. The molecule has 1 aromatic carbocycles. The Morgan fingerprint density at radius 2 is 1.69 bits per heavy atom. The predicted octanol–water partition coefficient (Wildman–Crippen LogP) is 2.22. The second kappa shape index (κ2) is 8.50. The fourth-order valence-electron chi connectivity index (χ4n) is 1.48. The molecule has 0 aliphatic rings. The Kier molecular flexibility index (Phi) is 7.13. The summed E-state index contributed by atoms with van der Waals surface area (Å²) >= 11 is 0. The van der Waals surface area contributed by atoms with Crippen LogP contribution in [0.15, 0.2) is 30.3 Å². The van der Waals surface area contributed by atoms with Crippen molar-refractivity contribution in [1.82, 2.24) is 0 Å². The van der Waals surface area contributed by atoms with Gasteiger partial charge in [-0.05, 0) is 20.3 Å². The third kappa shape index (κ3) is 5.44. The molecule has 0 atom stereocenters. The number of benzene rings is 1. The van der Waals surface area contributed by atoms with E-state index in [0.717, 1.165) is 35.2 Å². The Balaban J connectivity index is 2.22. The summed E-state index contributed by atoms with van der Waals surface area (Å²) in [6.45, 7) is 5.45. The largest absolute Gasteiger partial charge is 0.353 e. The van der Waals surface area contributed by atoms with E-state index in [0.29, 0.717) is 0 Å². The van der Waals surface area contributed by atoms with E-state index in [-0.39, 0.29) is 6.29 Å². The van der Waals surface area contributed by atoms with Gasteiger partial charge in [-0.15, -0.1) is 0 Å². The van der Waals surface area contributed by atoms with Gasteiger partial charge in [0.05, 0.1) is 9.52 Å². The van der Waals surface area contributed by atoms with Crippen molar-refractivity contribution in [1.29, 1.82) is 0 Å². The molecule has 3 heteroatoms. The van der Waals surface area contributed by atoms with E-state index in [1.54, 1.807) is 0 Å². The smallest absolute Gasteiger partial charge is 0.157 e. The van der Waals surface area contributed by atoms with Crippen molar-refractivity contribution in [3.8, 4) is 0 Å². The molecule has 2 radical (unpaired) electrons. The Morgan fingerprint density at radius 3 is 2.25 bits per heavy atom. The van der Waals surface area contributed by atoms with Crippen LogP contribution in [0.2, 0.25) is 6.04 Å². The summed E-state index contributed by atoms with van der Waals surface area (Å²) < 4.78 is 11.0. The molecule has 2 nitrogen and oxygen atoms in total. The molecule has 88 valence electrons. The van der Waals surface area contributed by atoms with Crippen LogP contribution in [0.4, 0.5) is 0 Å². The van der Waals surface area contributed by atoms with Gasteiger partial charge in [0.25, 0.3) is 0 Å². The number of hydrogen-bond donors (Lipinski definition) is 0. The van der Waals surface area contributed by atoms with E-state index in [1.165, 1.54) is 5.19 Å². The van der Waals surface area contributed by atoms with E-state index in [2.05, 4.69) is 30.3 Å². The highest BCUT2D eigenvalue weighted by Crippen LogP contribution is 2.04. The molecule has 0 aromatic heterocycles. The molecule has 0 spiro atoms. The van der Waals surface area contributed by atoms with Crippen LogP contribution in [0.5, 0.6) is 0 Å². The van der Waals surface area contributed by atoms with Gasteiger partial charge < -0.3 is 9.47 Å². The lowest BCUT2D eigenvalue weighted by molar-refractivity contribution is -0.136. The van der Waals surface area contributed by atoms with Gasteiger partial charge in [0.15, 0.2) is 6.29 Å². The fourth-order valence-corrected chi connectivity index (χ4v) is 2.57. The fraction of sp³-hybridized carbons (Fsp3) is 0.538. The van der Waals surface area contributed by atoms with Crippen LogP contribution in [0, 0.1) is 0 Å². The van der Waals surface area contributed by atoms with E-state index < -0.39 is 0 Å². The summed E-state index contributed by atoms with van der Waals surface area (Å²) in [5.74, 6) is 0. The minimum absolute atomic E-state index is 0.0220. The van der Waals surface area contributed by atoms with Crippen LogP contribution in [-0.2, 0) is 9.47 Å². The van der Waals surface area contributed by atoms with Crippen LogP contribution >= 0.6 is 0 Å². The molecule has 0 heterocycles. The second-order valence-corrected chi connectivity index (χ2v) is 4.85. The second-order valence-electron chi connectivity index (χ2n) is 3.42. The summed E-state index contributed by atoms with van der Waals surface area (Å²) in [6, 6.07) is 11.7. The van der Waals surface area contributed by atoms with Gasteiger partial charge in [0.1, 0.15) is 0 Å². The van der Waals surface area contributed by atoms with E-state index in [1.807, 2.05) is 13.8 Å². The number of ether oxygens (including phenoxy) is 2. The molecule has 0 aliphatic carbocycles. The molecule has 0 fully saturated rings. The van der Waals surface area contributed by atoms with E-state index in [4.69, 9.17) is 9.47 Å². The first-order valence-corrected chi connectivity index (χ1v) is 7.09. The predicted molar refractivity (Wildman–Crippen MR) is 68.3 cm³/mol. The lowest BCUT2D eigenvalue weighted by Crippen LogP contribution is -2.20. The molecule has 0 saturated heterocycles. The van der Waals surface area contributed by atoms with E-state index >= 15 is 0 Å². The van der Waals surface area contributed by atoms with Crippen LogP contribution < -0.4 is 5.19 Å². The minimum atomic E-state index is -0.0220. The van der Waals surface area contributed by atoms with Crippen molar-refractivity contribution in [2.45, 2.75) is 32.6 Å². The molecular weight excluding hydrogens is 216 g/mol. The van der Waals surface area contributed by atoms with Crippen molar-refractivity contribution in [2.24, 2.45) is 0 Å². The summed E-state index contributed by atoms with van der Waals surface area (Å²) in [6.07, 6.45) is 0.959. The molecule has 16 heavy (non-hydrogen) atoms. The maximum absolute atomic E-state index is 5.50. The van der Waals surface area contributed by atoms with Crippen LogP contribution in [0.25, 0.3) is 0 Å². The first-order valence-electron chi connectivity index (χ1n) is 5.89. The van der Waals surface area contributed by atoms with Gasteiger partial charge in [-0.1, -0.05) is 41.6 Å². The summed E-state index contributed by atoms with van der Waals surface area (Å²) in [5, 5.41) is 1.41. The summed E-state index contributed by atoms with van der Waals surface area (Å²) in [7, 11) is 0.846. The van der Waals surface area contributed by atoms with Crippen molar-refractivity contribution < 1.29 is 9.47 Å². The van der Waals surface area contributed by atoms with Gasteiger partial charge in [0.2, 0.25) is 0 Å². The Labute approximate surface area is 101 Å². The van der Waals surface area contributed by atoms with Gasteiger partial charge in [-0.3, -0.25) is 0 Å². The van der Waals surface area contributed by atoms with Crippen molar-refractivity contribution in [2.75, 3.05) is 13.2 Å². The zero-order chi connectivity index (χ0) is 11.6. The van der Waals surface area contributed by atoms with Crippen molar-refractivity contribution in [3.05, 3.63) is 30.3 Å². The van der Waals surface area contributed by atoms with Gasteiger partial charge in [-0.2, -0.15) is 0 Å². The molecule has 0 amide bonds. The Morgan fingerprint density at radius 1 is 1.06 bits per heavy atom. The highest BCUT2D eigenvalue weighted by molar-refractivity contribution is 6.53. The molecule has 0 saturated carbocycles. The minimum Gasteiger partial charge on any atom is -0.353 e. The van der Waals surface area contributed by atoms with Crippen LogP contribution in [0.3, 0.4) is 0 Å². The van der Waals surface area contributed by atoms with Gasteiger partial charge >= 0.3 is 0 Å². The Hall–Kier alpha value is -0.643. The average Bonchev–Trinajstić information content (AvgIpc) is 2.31. The molecule has 0 bridgehead atoms. The first kappa shape index (κ1) is 13.4. The van der Waals surface area contributed by atoms with Crippen molar-refractivity contribution >= 4 is 14.7 Å². The maximum Gasteiger partial charge on any atom is 0.157 e. The van der Waals surface area contributed by atoms with Gasteiger partial charge in [-0.25, -0.2) is 0 Å². The summed E-state index contributed by atoms with van der Waals surface area (Å²) in [4.78, 5) is 0. The third-order valence-electron chi connectivity index (χ3n) is 2.19. The average molecular weight is 236 g/mol. The third-order valence-corrected chi connectivity index (χ3v) is 3.47. The highest BCUT2D eigenvalue weighted by Gasteiger charge is 2.07. The quantitative estimate of drug-likeness (QED) is 0.509. The molecule has 0 N–H and O–H groups in total. The lowest BCUT2D eigenvalue weighted by atomic mass is 10.4. The molecule has 0 unspecified atom stereocenters. The standard InChI is InChI=1S/C13H20O2Si/c1-3-14-13(15-4-2)10-11-16-12-8-6-5-7-9-12/h5-9,13H,3-4,10-11H2,1-2H3. The molecule has 1 aromatic rings. The lowest BCUT2D eigenvalue weighted by Gasteiger charge is -2.16. The maximum atomic E-state index is 5.50. The normalized spacial score (nSPS) is 10.9.